The van der Waals surface area contributed by atoms with Gasteiger partial charge in [-0.25, -0.2) is 0 Å². The van der Waals surface area contributed by atoms with Crippen molar-refractivity contribution in [2.24, 2.45) is 11.5 Å². The van der Waals surface area contributed by atoms with Crippen molar-refractivity contribution in [1.29, 1.82) is 0 Å². The molecule has 0 aromatic heterocycles. The molecule has 0 aliphatic heterocycles. The number of amides is 4. The maximum absolute atomic E-state index is 13.5. The van der Waals surface area contributed by atoms with E-state index in [9.17, 15) is 28.8 Å². The van der Waals surface area contributed by atoms with Gasteiger partial charge >= 0.3 is 0 Å². The minimum absolute atomic E-state index is 0.329. The lowest BCUT2D eigenvalue weighted by molar-refractivity contribution is 0.0992. The third-order valence-electron chi connectivity index (χ3n) is 9.13. The van der Waals surface area contributed by atoms with Gasteiger partial charge in [-0.3, -0.25) is 28.8 Å². The van der Waals surface area contributed by atoms with Crippen LogP contribution in [0.2, 0.25) is 0 Å². The van der Waals surface area contributed by atoms with Crippen molar-refractivity contribution in [3.05, 3.63) is 167 Å². The van der Waals surface area contributed by atoms with Crippen molar-refractivity contribution >= 4 is 69.1 Å². The lowest BCUT2D eigenvalue weighted by Crippen LogP contribution is -2.14. The largest absolute Gasteiger partial charge is 0.366 e. The smallest absolute Gasteiger partial charge is 0.255 e. The summed E-state index contributed by atoms with van der Waals surface area (Å²) in [5, 5.41) is 8.61. The summed E-state index contributed by atoms with van der Waals surface area (Å²) in [6.07, 6.45) is 1.49. The summed E-state index contributed by atoms with van der Waals surface area (Å²) < 4.78 is 0. The van der Waals surface area contributed by atoms with E-state index in [1.165, 1.54) is 0 Å². The molecule has 0 spiro atoms. The van der Waals surface area contributed by atoms with Crippen LogP contribution >= 0.6 is 0 Å². The molecule has 0 saturated heterocycles. The fourth-order valence-corrected chi connectivity index (χ4v) is 6.55. The minimum Gasteiger partial charge on any atom is -0.366 e. The van der Waals surface area contributed by atoms with Crippen LogP contribution < -0.4 is 22.1 Å². The number of rotatable bonds is 10. The second kappa shape index (κ2) is 14.5. The second-order valence-corrected chi connectivity index (χ2v) is 12.5. The van der Waals surface area contributed by atoms with E-state index in [2.05, 4.69) is 10.6 Å². The van der Waals surface area contributed by atoms with Crippen LogP contribution in [-0.2, 0) is 0 Å². The standard InChI is InChI=1S/C44H30N4O6/c45-41(51)29-14-16-37-25(18-29)10-12-33(23-49)39(37)27-4-1-6-31(20-27)43(53)47-35-8-3-9-36(22-35)48-44(54)32-7-2-5-28(21-32)40-34(24-50)13-11-26-19-30(42(46)52)15-17-38(26)40/h1-24H,(H2,45,51)(H2,46,52)(H,47,53)(H,48,54). The fourth-order valence-electron chi connectivity index (χ4n) is 6.55. The van der Waals surface area contributed by atoms with Crippen LogP contribution in [0.3, 0.4) is 0 Å². The average Bonchev–Trinajstić information content (AvgIpc) is 3.19. The normalized spacial score (nSPS) is 10.8. The molecule has 0 heterocycles. The first-order chi connectivity index (χ1) is 26.1. The predicted octanol–water partition coefficient (Wildman–Crippen LogP) is 7.65. The molecule has 10 nitrogen and oxygen atoms in total. The number of primary amides is 2. The number of benzene rings is 7. The topological polar surface area (TPSA) is 179 Å². The number of carbonyl (C=O) groups is 6. The third kappa shape index (κ3) is 6.82. The lowest BCUT2D eigenvalue weighted by Gasteiger charge is -2.13. The zero-order chi connectivity index (χ0) is 37.9. The first kappa shape index (κ1) is 34.7. The van der Waals surface area contributed by atoms with Gasteiger partial charge in [0, 0.05) is 55.9 Å². The molecule has 0 unspecified atom stereocenters. The molecule has 7 rings (SSSR count). The Balaban J connectivity index is 1.12. The summed E-state index contributed by atoms with van der Waals surface area (Å²) in [5.74, 6) is -1.96. The van der Waals surface area contributed by atoms with Crippen molar-refractivity contribution in [1.82, 2.24) is 0 Å². The van der Waals surface area contributed by atoms with E-state index in [1.54, 1.807) is 133 Å². The highest BCUT2D eigenvalue weighted by molar-refractivity contribution is 6.11. The third-order valence-corrected chi connectivity index (χ3v) is 9.13. The maximum atomic E-state index is 13.5. The Bertz CT molecular complexity index is 2540. The van der Waals surface area contributed by atoms with Gasteiger partial charge in [0.25, 0.3) is 11.8 Å². The van der Waals surface area contributed by atoms with Crippen LogP contribution in [0, 0.1) is 0 Å². The molecule has 0 atom stereocenters. The molecule has 7 aromatic carbocycles. The second-order valence-electron chi connectivity index (χ2n) is 12.5. The fraction of sp³-hybridized carbons (Fsp3) is 0. The van der Waals surface area contributed by atoms with Gasteiger partial charge < -0.3 is 22.1 Å². The molecule has 54 heavy (non-hydrogen) atoms. The number of aldehydes is 2. The van der Waals surface area contributed by atoms with Crippen molar-refractivity contribution in [3.63, 3.8) is 0 Å². The monoisotopic (exact) mass is 710 g/mol. The molecular weight excluding hydrogens is 681 g/mol. The Morgan fingerprint density at radius 1 is 0.444 bits per heavy atom. The molecule has 0 radical (unpaired) electrons. The Morgan fingerprint density at radius 3 is 1.28 bits per heavy atom. The van der Waals surface area contributed by atoms with Gasteiger partial charge in [-0.2, -0.15) is 0 Å². The number of anilines is 2. The Kier molecular flexibility index (Phi) is 9.31. The van der Waals surface area contributed by atoms with Gasteiger partial charge in [0.05, 0.1) is 0 Å². The van der Waals surface area contributed by atoms with Crippen LogP contribution in [0.1, 0.15) is 62.1 Å². The lowest BCUT2D eigenvalue weighted by atomic mass is 9.92. The Morgan fingerprint density at radius 2 is 0.870 bits per heavy atom. The van der Waals surface area contributed by atoms with E-state index < -0.39 is 23.6 Å². The van der Waals surface area contributed by atoms with Crippen LogP contribution in [0.4, 0.5) is 11.4 Å². The van der Waals surface area contributed by atoms with Gasteiger partial charge in [0.1, 0.15) is 0 Å². The molecule has 7 aromatic rings. The number of hydrogen-bond donors (Lipinski definition) is 4. The highest BCUT2D eigenvalue weighted by Gasteiger charge is 2.17. The van der Waals surface area contributed by atoms with Crippen LogP contribution in [0.25, 0.3) is 43.8 Å². The molecule has 0 fully saturated rings. The zero-order valence-corrected chi connectivity index (χ0v) is 28.5. The quantitative estimate of drug-likeness (QED) is 0.106. The molecule has 4 amide bonds. The first-order valence-corrected chi connectivity index (χ1v) is 16.7. The number of fused-ring (bicyclic) bond motifs is 2. The average molecular weight is 711 g/mol. The van der Waals surface area contributed by atoms with E-state index in [0.29, 0.717) is 77.8 Å². The molecule has 0 aliphatic rings. The molecule has 10 heteroatoms. The minimum atomic E-state index is -0.566. The van der Waals surface area contributed by atoms with Gasteiger partial charge in [0.2, 0.25) is 11.8 Å². The van der Waals surface area contributed by atoms with E-state index in [1.807, 2.05) is 0 Å². The Labute approximate surface area is 308 Å². The summed E-state index contributed by atoms with van der Waals surface area (Å²) in [6.45, 7) is 0. The van der Waals surface area contributed by atoms with Crippen molar-refractivity contribution < 1.29 is 28.8 Å². The maximum Gasteiger partial charge on any atom is 0.255 e. The van der Waals surface area contributed by atoms with Crippen molar-refractivity contribution in [2.75, 3.05) is 10.6 Å². The van der Waals surface area contributed by atoms with E-state index in [4.69, 9.17) is 11.5 Å². The molecule has 6 N–H and O–H groups in total. The van der Waals surface area contributed by atoms with Gasteiger partial charge in [-0.15, -0.1) is 0 Å². The van der Waals surface area contributed by atoms with Gasteiger partial charge in [0.15, 0.2) is 12.6 Å². The molecule has 262 valence electrons. The number of nitrogens with two attached hydrogens (primary N) is 2. The van der Waals surface area contributed by atoms with Gasteiger partial charge in [-0.1, -0.05) is 66.7 Å². The molecule has 0 aliphatic carbocycles. The summed E-state index contributed by atoms with van der Waals surface area (Å²) in [4.78, 5) is 74.6. The van der Waals surface area contributed by atoms with Crippen LogP contribution in [-0.4, -0.2) is 36.2 Å². The van der Waals surface area contributed by atoms with E-state index in [0.717, 1.165) is 23.3 Å². The Hall–Kier alpha value is -7.72. The number of hydrogen-bond acceptors (Lipinski definition) is 6. The first-order valence-electron chi connectivity index (χ1n) is 16.7. The summed E-state index contributed by atoms with van der Waals surface area (Å²) >= 11 is 0. The van der Waals surface area contributed by atoms with E-state index in [-0.39, 0.29) is 0 Å². The number of carbonyl (C=O) groups excluding carboxylic acids is 6. The number of nitrogens with one attached hydrogen (secondary N) is 2. The summed E-state index contributed by atoms with van der Waals surface area (Å²) in [6, 6.07) is 37.2. The van der Waals surface area contributed by atoms with Gasteiger partial charge in [-0.05, 0) is 99.4 Å². The predicted molar refractivity (Wildman–Crippen MR) is 209 cm³/mol. The highest BCUT2D eigenvalue weighted by Crippen LogP contribution is 2.34. The summed E-state index contributed by atoms with van der Waals surface area (Å²) in [5.41, 5.74) is 16.4. The SMILES string of the molecule is NC(=O)c1ccc2c(-c3cccc(C(=O)Nc4cccc(NC(=O)c5cccc(-c6c(C=O)ccc7cc(C(N)=O)ccc67)c5)c4)c3)c(C=O)ccc2c1. The molecule has 0 bridgehead atoms. The van der Waals surface area contributed by atoms with E-state index >= 15 is 0 Å². The highest BCUT2D eigenvalue weighted by atomic mass is 16.2. The molecular formula is C44H30N4O6. The van der Waals surface area contributed by atoms with Crippen LogP contribution in [0.15, 0.2) is 133 Å². The zero-order valence-electron chi connectivity index (χ0n) is 28.5. The molecule has 0 saturated carbocycles. The van der Waals surface area contributed by atoms with Crippen LogP contribution in [0.5, 0.6) is 0 Å². The van der Waals surface area contributed by atoms with Crippen molar-refractivity contribution in [3.8, 4) is 22.3 Å². The summed E-state index contributed by atoms with van der Waals surface area (Å²) in [7, 11) is 0. The van der Waals surface area contributed by atoms with Crippen molar-refractivity contribution in [2.45, 2.75) is 0 Å².